The third-order valence-electron chi connectivity index (χ3n) is 3.52. The molecule has 0 aliphatic carbocycles. The third-order valence-corrected chi connectivity index (χ3v) is 3.52. The van der Waals surface area contributed by atoms with Gasteiger partial charge in [-0.05, 0) is 44.1 Å². The molecule has 3 rings (SSSR count). The highest BCUT2D eigenvalue weighted by atomic mass is 15.1. The van der Waals surface area contributed by atoms with Crippen LogP contribution in [0.2, 0.25) is 0 Å². The molecule has 16 heavy (non-hydrogen) atoms. The largest absolute Gasteiger partial charge is 0.299 e. The van der Waals surface area contributed by atoms with Crippen molar-refractivity contribution in [3.8, 4) is 0 Å². The zero-order chi connectivity index (χ0) is 11.0. The Morgan fingerprint density at radius 1 is 1.31 bits per heavy atom. The Morgan fingerprint density at radius 3 is 3.00 bits per heavy atom. The molecule has 2 heterocycles. The SMILES string of the molecule is CN1CCC[C@H]1c1cnc2ccccc2c1. The number of pyridine rings is 1. The number of nitrogens with zero attached hydrogens (tertiary/aromatic N) is 2. The van der Waals surface area contributed by atoms with Gasteiger partial charge in [0.05, 0.1) is 5.52 Å². The molecule has 1 aliphatic rings. The zero-order valence-corrected chi connectivity index (χ0v) is 9.56. The summed E-state index contributed by atoms with van der Waals surface area (Å²) in [5.74, 6) is 0. The number of para-hydroxylation sites is 1. The van der Waals surface area contributed by atoms with Gasteiger partial charge in [0.15, 0.2) is 0 Å². The van der Waals surface area contributed by atoms with Crippen molar-refractivity contribution >= 4 is 10.9 Å². The first kappa shape index (κ1) is 9.79. The average molecular weight is 212 g/mol. The van der Waals surface area contributed by atoms with Gasteiger partial charge in [-0.2, -0.15) is 0 Å². The highest BCUT2D eigenvalue weighted by Crippen LogP contribution is 2.30. The monoisotopic (exact) mass is 212 g/mol. The zero-order valence-electron chi connectivity index (χ0n) is 9.56. The van der Waals surface area contributed by atoms with Gasteiger partial charge >= 0.3 is 0 Å². The Morgan fingerprint density at radius 2 is 2.19 bits per heavy atom. The minimum absolute atomic E-state index is 0.567. The van der Waals surface area contributed by atoms with Crippen molar-refractivity contribution in [1.29, 1.82) is 0 Å². The van der Waals surface area contributed by atoms with Gasteiger partial charge in [0.25, 0.3) is 0 Å². The van der Waals surface area contributed by atoms with E-state index >= 15 is 0 Å². The fourth-order valence-electron chi connectivity index (χ4n) is 2.60. The fraction of sp³-hybridized carbons (Fsp3) is 0.357. The summed E-state index contributed by atoms with van der Waals surface area (Å²) in [6.07, 6.45) is 4.60. The molecule has 1 saturated heterocycles. The van der Waals surface area contributed by atoms with Crippen molar-refractivity contribution in [2.45, 2.75) is 18.9 Å². The molecule has 1 fully saturated rings. The van der Waals surface area contributed by atoms with Crippen LogP contribution in [0.1, 0.15) is 24.4 Å². The second-order valence-corrected chi connectivity index (χ2v) is 4.60. The molecular weight excluding hydrogens is 196 g/mol. The first-order valence-electron chi connectivity index (χ1n) is 5.89. The van der Waals surface area contributed by atoms with E-state index in [1.807, 2.05) is 12.3 Å². The molecule has 0 N–H and O–H groups in total. The predicted molar refractivity (Wildman–Crippen MR) is 66.3 cm³/mol. The number of rotatable bonds is 1. The predicted octanol–water partition coefficient (Wildman–Crippen LogP) is 3.00. The molecular formula is C14H16N2. The minimum atomic E-state index is 0.567. The molecule has 0 spiro atoms. The second kappa shape index (κ2) is 3.87. The van der Waals surface area contributed by atoms with Gasteiger partial charge in [0, 0.05) is 17.6 Å². The van der Waals surface area contributed by atoms with Crippen LogP contribution in [0.3, 0.4) is 0 Å². The molecule has 2 nitrogen and oxygen atoms in total. The Hall–Kier alpha value is -1.41. The van der Waals surface area contributed by atoms with Crippen LogP contribution in [0.5, 0.6) is 0 Å². The van der Waals surface area contributed by atoms with E-state index in [4.69, 9.17) is 0 Å². The van der Waals surface area contributed by atoms with E-state index in [0.29, 0.717) is 6.04 Å². The highest BCUT2D eigenvalue weighted by Gasteiger charge is 2.22. The summed E-state index contributed by atoms with van der Waals surface area (Å²) in [5.41, 5.74) is 2.45. The first-order chi connectivity index (χ1) is 7.84. The average Bonchev–Trinajstić information content (AvgIpc) is 2.75. The maximum absolute atomic E-state index is 4.53. The van der Waals surface area contributed by atoms with E-state index in [1.54, 1.807) is 0 Å². The van der Waals surface area contributed by atoms with Crippen molar-refractivity contribution < 1.29 is 0 Å². The van der Waals surface area contributed by atoms with Crippen molar-refractivity contribution in [2.75, 3.05) is 13.6 Å². The lowest BCUT2D eigenvalue weighted by molar-refractivity contribution is 0.317. The van der Waals surface area contributed by atoms with Gasteiger partial charge in [-0.15, -0.1) is 0 Å². The van der Waals surface area contributed by atoms with E-state index in [2.05, 4.69) is 41.2 Å². The normalized spacial score (nSPS) is 21.7. The molecule has 1 aromatic heterocycles. The molecule has 0 saturated carbocycles. The number of hydrogen-bond acceptors (Lipinski definition) is 2. The van der Waals surface area contributed by atoms with Crippen LogP contribution in [0.15, 0.2) is 36.5 Å². The summed E-state index contributed by atoms with van der Waals surface area (Å²) >= 11 is 0. The number of fused-ring (bicyclic) bond motifs is 1. The van der Waals surface area contributed by atoms with Gasteiger partial charge in [-0.25, -0.2) is 0 Å². The van der Waals surface area contributed by atoms with E-state index in [0.717, 1.165) is 5.52 Å². The maximum atomic E-state index is 4.53. The molecule has 2 aromatic rings. The standard InChI is InChI=1S/C14H16N2/c1-16-8-4-7-14(16)12-9-11-5-2-3-6-13(11)15-10-12/h2-3,5-6,9-10,14H,4,7-8H2,1H3/t14-/m0/s1. The smallest absolute Gasteiger partial charge is 0.0702 e. The molecule has 0 bridgehead atoms. The summed E-state index contributed by atoms with van der Waals surface area (Å²) in [4.78, 5) is 6.96. The van der Waals surface area contributed by atoms with Gasteiger partial charge in [-0.3, -0.25) is 9.88 Å². The molecule has 0 radical (unpaired) electrons. The lowest BCUT2D eigenvalue weighted by Crippen LogP contribution is -2.17. The molecule has 0 amide bonds. The van der Waals surface area contributed by atoms with Crippen LogP contribution < -0.4 is 0 Å². The third kappa shape index (κ3) is 1.59. The van der Waals surface area contributed by atoms with Crippen LogP contribution in [-0.2, 0) is 0 Å². The van der Waals surface area contributed by atoms with Crippen molar-refractivity contribution in [2.24, 2.45) is 0 Å². The summed E-state index contributed by atoms with van der Waals surface area (Å²) in [7, 11) is 2.20. The van der Waals surface area contributed by atoms with Crippen molar-refractivity contribution in [3.05, 3.63) is 42.1 Å². The lowest BCUT2D eigenvalue weighted by atomic mass is 10.0. The summed E-state index contributed by atoms with van der Waals surface area (Å²) < 4.78 is 0. The minimum Gasteiger partial charge on any atom is -0.299 e. The second-order valence-electron chi connectivity index (χ2n) is 4.60. The molecule has 82 valence electrons. The quantitative estimate of drug-likeness (QED) is 0.722. The van der Waals surface area contributed by atoms with Gasteiger partial charge in [0.1, 0.15) is 0 Å². The first-order valence-corrected chi connectivity index (χ1v) is 5.89. The number of aromatic nitrogens is 1. The topological polar surface area (TPSA) is 16.1 Å². The van der Waals surface area contributed by atoms with E-state index < -0.39 is 0 Å². The molecule has 1 aromatic carbocycles. The summed E-state index contributed by atoms with van der Waals surface area (Å²) in [6, 6.07) is 11.2. The summed E-state index contributed by atoms with van der Waals surface area (Å²) in [6.45, 7) is 1.21. The van der Waals surface area contributed by atoms with Gasteiger partial charge < -0.3 is 0 Å². The lowest BCUT2D eigenvalue weighted by Gasteiger charge is -2.19. The Kier molecular flexibility index (Phi) is 2.37. The van der Waals surface area contributed by atoms with Gasteiger partial charge in [0.2, 0.25) is 0 Å². The Bertz CT molecular complexity index is 507. The van der Waals surface area contributed by atoms with Crippen LogP contribution in [-0.4, -0.2) is 23.5 Å². The van der Waals surface area contributed by atoms with Crippen molar-refractivity contribution in [3.63, 3.8) is 0 Å². The summed E-state index contributed by atoms with van der Waals surface area (Å²) in [5, 5.41) is 1.25. The van der Waals surface area contributed by atoms with E-state index in [-0.39, 0.29) is 0 Å². The molecule has 2 heteroatoms. The highest BCUT2D eigenvalue weighted by molar-refractivity contribution is 5.78. The van der Waals surface area contributed by atoms with Crippen LogP contribution in [0.4, 0.5) is 0 Å². The molecule has 1 aliphatic heterocycles. The van der Waals surface area contributed by atoms with Crippen LogP contribution in [0.25, 0.3) is 10.9 Å². The Labute approximate surface area is 95.9 Å². The fourth-order valence-corrected chi connectivity index (χ4v) is 2.60. The van der Waals surface area contributed by atoms with Crippen molar-refractivity contribution in [1.82, 2.24) is 9.88 Å². The maximum Gasteiger partial charge on any atom is 0.0702 e. The number of benzene rings is 1. The number of hydrogen-bond donors (Lipinski definition) is 0. The van der Waals surface area contributed by atoms with Crippen LogP contribution in [0, 0.1) is 0 Å². The Balaban J connectivity index is 2.04. The van der Waals surface area contributed by atoms with Gasteiger partial charge in [-0.1, -0.05) is 18.2 Å². The molecule has 1 atom stereocenters. The number of likely N-dealkylation sites (tertiary alicyclic amines) is 1. The molecule has 0 unspecified atom stereocenters. The van der Waals surface area contributed by atoms with E-state index in [9.17, 15) is 0 Å². The van der Waals surface area contributed by atoms with Crippen LogP contribution >= 0.6 is 0 Å². The van der Waals surface area contributed by atoms with E-state index in [1.165, 1.54) is 30.3 Å².